The SMILES string of the molecule is COc1cccc(N2CC(C(=O)NCCC(=O)NC3CCCC3)CC2=O)c1. The number of anilines is 1. The van der Waals surface area contributed by atoms with E-state index in [9.17, 15) is 14.4 Å². The molecular formula is C20H27N3O4. The van der Waals surface area contributed by atoms with Crippen LogP contribution in [0.5, 0.6) is 5.75 Å². The number of nitrogens with one attached hydrogen (secondary N) is 2. The Morgan fingerprint density at radius 3 is 2.78 bits per heavy atom. The maximum Gasteiger partial charge on any atom is 0.227 e. The molecule has 1 atom stereocenters. The Kier molecular flexibility index (Phi) is 6.32. The summed E-state index contributed by atoms with van der Waals surface area (Å²) in [6, 6.07) is 7.53. The highest BCUT2D eigenvalue weighted by molar-refractivity contribution is 6.00. The van der Waals surface area contributed by atoms with E-state index in [1.807, 2.05) is 18.2 Å². The first-order valence-corrected chi connectivity index (χ1v) is 9.58. The Labute approximate surface area is 159 Å². The van der Waals surface area contributed by atoms with Crippen LogP contribution in [0.3, 0.4) is 0 Å². The predicted octanol–water partition coefficient (Wildman–Crippen LogP) is 1.61. The molecule has 1 aromatic carbocycles. The molecule has 1 saturated heterocycles. The number of carbonyl (C=O) groups is 3. The number of carbonyl (C=O) groups excluding carboxylic acids is 3. The van der Waals surface area contributed by atoms with E-state index in [0.717, 1.165) is 18.5 Å². The minimum Gasteiger partial charge on any atom is -0.497 e. The lowest BCUT2D eigenvalue weighted by Crippen LogP contribution is -2.37. The standard InChI is InChI=1S/C20H27N3O4/c1-27-17-8-4-7-16(12-17)23-13-14(11-19(23)25)20(26)21-10-9-18(24)22-15-5-2-3-6-15/h4,7-8,12,14-15H,2-3,5-6,9-11,13H2,1H3,(H,21,26)(H,22,24). The van der Waals surface area contributed by atoms with E-state index in [-0.39, 0.29) is 36.6 Å². The van der Waals surface area contributed by atoms with Gasteiger partial charge in [-0.3, -0.25) is 14.4 Å². The second kappa shape index (κ2) is 8.88. The van der Waals surface area contributed by atoms with Crippen molar-refractivity contribution in [3.05, 3.63) is 24.3 Å². The Morgan fingerprint density at radius 2 is 2.04 bits per heavy atom. The van der Waals surface area contributed by atoms with Crippen LogP contribution in [0.2, 0.25) is 0 Å². The van der Waals surface area contributed by atoms with E-state index in [0.29, 0.717) is 18.8 Å². The molecule has 2 N–H and O–H groups in total. The lowest BCUT2D eigenvalue weighted by Gasteiger charge is -2.17. The molecule has 1 unspecified atom stereocenters. The molecule has 2 fully saturated rings. The summed E-state index contributed by atoms with van der Waals surface area (Å²) in [5.41, 5.74) is 0.727. The largest absolute Gasteiger partial charge is 0.497 e. The zero-order chi connectivity index (χ0) is 19.2. The van der Waals surface area contributed by atoms with Crippen molar-refractivity contribution in [2.75, 3.05) is 25.1 Å². The van der Waals surface area contributed by atoms with E-state index in [4.69, 9.17) is 4.74 Å². The van der Waals surface area contributed by atoms with Crippen LogP contribution in [-0.4, -0.2) is 44.0 Å². The number of hydrogen-bond donors (Lipinski definition) is 2. The summed E-state index contributed by atoms with van der Waals surface area (Å²) in [7, 11) is 1.57. The molecule has 1 saturated carbocycles. The summed E-state index contributed by atoms with van der Waals surface area (Å²) in [5.74, 6) is -0.0180. The van der Waals surface area contributed by atoms with Crippen LogP contribution in [0, 0.1) is 5.92 Å². The van der Waals surface area contributed by atoms with Crippen LogP contribution in [0.15, 0.2) is 24.3 Å². The van der Waals surface area contributed by atoms with Crippen LogP contribution in [0.4, 0.5) is 5.69 Å². The summed E-state index contributed by atoms with van der Waals surface area (Å²) in [5, 5.41) is 5.80. The fourth-order valence-corrected chi connectivity index (χ4v) is 3.72. The van der Waals surface area contributed by atoms with Gasteiger partial charge in [0.15, 0.2) is 0 Å². The fraction of sp³-hybridized carbons (Fsp3) is 0.550. The Morgan fingerprint density at radius 1 is 1.26 bits per heavy atom. The average molecular weight is 373 g/mol. The van der Waals surface area contributed by atoms with Gasteiger partial charge in [-0.1, -0.05) is 18.9 Å². The molecule has 2 aliphatic rings. The lowest BCUT2D eigenvalue weighted by atomic mass is 10.1. The van der Waals surface area contributed by atoms with Crippen molar-refractivity contribution in [3.8, 4) is 5.75 Å². The van der Waals surface area contributed by atoms with Crippen molar-refractivity contribution < 1.29 is 19.1 Å². The summed E-state index contributed by atoms with van der Waals surface area (Å²) in [6.07, 6.45) is 4.87. The monoisotopic (exact) mass is 373 g/mol. The Hall–Kier alpha value is -2.57. The molecule has 1 heterocycles. The number of nitrogens with zero attached hydrogens (tertiary/aromatic N) is 1. The molecule has 3 amide bonds. The first-order valence-electron chi connectivity index (χ1n) is 9.58. The van der Waals surface area contributed by atoms with Crippen molar-refractivity contribution in [3.63, 3.8) is 0 Å². The van der Waals surface area contributed by atoms with Gasteiger partial charge < -0.3 is 20.3 Å². The van der Waals surface area contributed by atoms with Gasteiger partial charge in [0.1, 0.15) is 5.75 Å². The van der Waals surface area contributed by atoms with Crippen molar-refractivity contribution in [1.82, 2.24) is 10.6 Å². The quantitative estimate of drug-likeness (QED) is 0.760. The summed E-state index contributed by atoms with van der Waals surface area (Å²) < 4.78 is 5.19. The van der Waals surface area contributed by atoms with Gasteiger partial charge in [0, 0.05) is 43.7 Å². The van der Waals surface area contributed by atoms with Gasteiger partial charge in [0.25, 0.3) is 0 Å². The molecule has 1 aliphatic carbocycles. The molecule has 1 aromatic rings. The van der Waals surface area contributed by atoms with E-state index < -0.39 is 5.92 Å². The lowest BCUT2D eigenvalue weighted by molar-refractivity contribution is -0.126. The molecule has 7 heteroatoms. The Bertz CT molecular complexity index is 700. The van der Waals surface area contributed by atoms with Gasteiger partial charge in [-0.25, -0.2) is 0 Å². The van der Waals surface area contributed by atoms with Crippen LogP contribution < -0.4 is 20.3 Å². The van der Waals surface area contributed by atoms with Crippen molar-refractivity contribution in [2.24, 2.45) is 5.92 Å². The summed E-state index contributed by atoms with van der Waals surface area (Å²) in [4.78, 5) is 38.2. The molecule has 3 rings (SSSR count). The molecule has 0 bridgehead atoms. The van der Waals surface area contributed by atoms with Crippen LogP contribution >= 0.6 is 0 Å². The number of rotatable bonds is 7. The highest BCUT2D eigenvalue weighted by Gasteiger charge is 2.35. The Balaban J connectivity index is 1.45. The van der Waals surface area contributed by atoms with Gasteiger partial charge >= 0.3 is 0 Å². The molecule has 7 nitrogen and oxygen atoms in total. The maximum atomic E-state index is 12.4. The van der Waals surface area contributed by atoms with Crippen LogP contribution in [-0.2, 0) is 14.4 Å². The number of methoxy groups -OCH3 is 1. The number of hydrogen-bond acceptors (Lipinski definition) is 4. The molecule has 0 radical (unpaired) electrons. The van der Waals surface area contributed by atoms with E-state index in [1.54, 1.807) is 18.1 Å². The van der Waals surface area contributed by atoms with Gasteiger partial charge in [0.05, 0.1) is 13.0 Å². The molecular weight excluding hydrogens is 346 g/mol. The summed E-state index contributed by atoms with van der Waals surface area (Å²) in [6.45, 7) is 0.632. The van der Waals surface area contributed by atoms with Crippen molar-refractivity contribution in [1.29, 1.82) is 0 Å². The van der Waals surface area contributed by atoms with Gasteiger partial charge in [0.2, 0.25) is 17.7 Å². The molecule has 1 aliphatic heterocycles. The van der Waals surface area contributed by atoms with Crippen molar-refractivity contribution >= 4 is 23.4 Å². The number of ether oxygens (including phenoxy) is 1. The second-order valence-corrected chi connectivity index (χ2v) is 7.20. The van der Waals surface area contributed by atoms with Crippen molar-refractivity contribution in [2.45, 2.75) is 44.6 Å². The molecule has 27 heavy (non-hydrogen) atoms. The van der Waals surface area contributed by atoms with Crippen LogP contribution in [0.25, 0.3) is 0 Å². The maximum absolute atomic E-state index is 12.4. The topological polar surface area (TPSA) is 87.7 Å². The smallest absolute Gasteiger partial charge is 0.227 e. The zero-order valence-corrected chi connectivity index (χ0v) is 15.7. The van der Waals surface area contributed by atoms with Crippen LogP contribution in [0.1, 0.15) is 38.5 Å². The van der Waals surface area contributed by atoms with Gasteiger partial charge in [-0.15, -0.1) is 0 Å². The number of amides is 3. The van der Waals surface area contributed by atoms with E-state index in [2.05, 4.69) is 10.6 Å². The molecule has 0 aromatic heterocycles. The highest BCUT2D eigenvalue weighted by atomic mass is 16.5. The molecule has 146 valence electrons. The van der Waals surface area contributed by atoms with Gasteiger partial charge in [-0.2, -0.15) is 0 Å². The predicted molar refractivity (Wildman–Crippen MR) is 101 cm³/mol. The fourth-order valence-electron chi connectivity index (χ4n) is 3.72. The average Bonchev–Trinajstić information content (AvgIpc) is 3.31. The minimum absolute atomic E-state index is 0.0253. The van der Waals surface area contributed by atoms with Gasteiger partial charge in [-0.05, 0) is 25.0 Å². The zero-order valence-electron chi connectivity index (χ0n) is 15.7. The first-order chi connectivity index (χ1) is 13.1. The highest BCUT2D eigenvalue weighted by Crippen LogP contribution is 2.28. The number of benzene rings is 1. The summed E-state index contributed by atoms with van der Waals surface area (Å²) >= 11 is 0. The first kappa shape index (κ1) is 19.2. The molecule has 0 spiro atoms. The third kappa shape index (κ3) is 4.99. The second-order valence-electron chi connectivity index (χ2n) is 7.20. The van der Waals surface area contributed by atoms with E-state index in [1.165, 1.54) is 12.8 Å². The normalized spacial score (nSPS) is 20.0. The third-order valence-corrected chi connectivity index (χ3v) is 5.23. The van der Waals surface area contributed by atoms with E-state index >= 15 is 0 Å². The minimum atomic E-state index is -0.401. The third-order valence-electron chi connectivity index (χ3n) is 5.23.